The van der Waals surface area contributed by atoms with Gasteiger partial charge in [-0.2, -0.15) is 0 Å². The third-order valence-corrected chi connectivity index (χ3v) is 4.11. The third-order valence-electron chi connectivity index (χ3n) is 3.30. The number of methoxy groups -OCH3 is 1. The number of carbonyl (C=O) groups excluding carboxylic acids is 3. The van der Waals surface area contributed by atoms with Crippen molar-refractivity contribution in [3.8, 4) is 5.75 Å². The summed E-state index contributed by atoms with van der Waals surface area (Å²) in [6.07, 6.45) is 2.84. The van der Waals surface area contributed by atoms with Gasteiger partial charge in [0.25, 0.3) is 5.91 Å². The summed E-state index contributed by atoms with van der Waals surface area (Å²) in [5, 5.41) is 4.47. The molecule has 0 aliphatic heterocycles. The van der Waals surface area contributed by atoms with E-state index in [1.807, 2.05) is 0 Å². The van der Waals surface area contributed by atoms with E-state index in [1.54, 1.807) is 49.8 Å². The number of thiazole rings is 1. The monoisotopic (exact) mass is 404 g/mol. The molecule has 2 rings (SSSR count). The molecule has 1 N–H and O–H groups in total. The number of rotatable bonds is 9. The number of nitrogens with one attached hydrogen (secondary N) is 1. The van der Waals surface area contributed by atoms with E-state index in [0.29, 0.717) is 23.2 Å². The molecule has 0 fully saturated rings. The summed E-state index contributed by atoms with van der Waals surface area (Å²) >= 11 is 1.17. The molecule has 1 amide bonds. The fraction of sp³-hybridized carbons (Fsp3) is 0.263. The van der Waals surface area contributed by atoms with Crippen LogP contribution in [0.1, 0.15) is 18.2 Å². The maximum Gasteiger partial charge on any atom is 0.331 e. The van der Waals surface area contributed by atoms with E-state index in [4.69, 9.17) is 14.2 Å². The lowest BCUT2D eigenvalue weighted by atomic mass is 10.2. The first-order valence-electron chi connectivity index (χ1n) is 8.39. The molecule has 0 unspecified atom stereocenters. The van der Waals surface area contributed by atoms with Crippen molar-refractivity contribution in [3.05, 3.63) is 47.0 Å². The summed E-state index contributed by atoms with van der Waals surface area (Å²) in [7, 11) is 1.57. The van der Waals surface area contributed by atoms with Crippen LogP contribution in [0.15, 0.2) is 35.7 Å². The first-order valence-corrected chi connectivity index (χ1v) is 9.27. The molecule has 0 atom stereocenters. The lowest BCUT2D eigenvalue weighted by Crippen LogP contribution is -2.20. The second-order valence-electron chi connectivity index (χ2n) is 5.39. The van der Waals surface area contributed by atoms with Gasteiger partial charge in [0.2, 0.25) is 0 Å². The molecular weight excluding hydrogens is 384 g/mol. The van der Waals surface area contributed by atoms with Gasteiger partial charge < -0.3 is 14.2 Å². The molecule has 148 valence electrons. The predicted molar refractivity (Wildman–Crippen MR) is 104 cm³/mol. The molecule has 28 heavy (non-hydrogen) atoms. The maximum absolute atomic E-state index is 11.8. The number of hydrogen-bond acceptors (Lipinski definition) is 8. The Morgan fingerprint density at radius 2 is 1.93 bits per heavy atom. The van der Waals surface area contributed by atoms with Crippen LogP contribution in [0.25, 0.3) is 6.08 Å². The van der Waals surface area contributed by atoms with Crippen LogP contribution in [0, 0.1) is 0 Å². The molecule has 1 heterocycles. The van der Waals surface area contributed by atoms with E-state index in [-0.39, 0.29) is 12.4 Å². The fourth-order valence-electron chi connectivity index (χ4n) is 2.02. The van der Waals surface area contributed by atoms with E-state index >= 15 is 0 Å². The number of nitrogens with zero attached hydrogens (tertiary/aromatic N) is 1. The molecule has 0 saturated carbocycles. The van der Waals surface area contributed by atoms with Gasteiger partial charge in [-0.15, -0.1) is 11.3 Å². The number of ether oxygens (including phenoxy) is 3. The molecular formula is C19H20N2O6S. The highest BCUT2D eigenvalue weighted by molar-refractivity contribution is 7.13. The van der Waals surface area contributed by atoms with Crippen molar-refractivity contribution >= 4 is 40.4 Å². The van der Waals surface area contributed by atoms with Crippen LogP contribution in [0.4, 0.5) is 5.13 Å². The average molecular weight is 404 g/mol. The second kappa shape index (κ2) is 10.8. The quantitative estimate of drug-likeness (QED) is 0.506. The van der Waals surface area contributed by atoms with E-state index in [2.05, 4.69) is 10.3 Å². The molecule has 2 aromatic rings. The number of hydrogen-bond donors (Lipinski definition) is 1. The van der Waals surface area contributed by atoms with Crippen molar-refractivity contribution in [1.82, 2.24) is 4.98 Å². The highest BCUT2D eigenvalue weighted by Gasteiger charge is 2.11. The molecule has 8 nitrogen and oxygen atoms in total. The summed E-state index contributed by atoms with van der Waals surface area (Å²) < 4.78 is 14.8. The fourth-order valence-corrected chi connectivity index (χ4v) is 2.75. The average Bonchev–Trinajstić information content (AvgIpc) is 3.11. The van der Waals surface area contributed by atoms with E-state index < -0.39 is 18.5 Å². The van der Waals surface area contributed by atoms with Crippen LogP contribution >= 0.6 is 11.3 Å². The largest absolute Gasteiger partial charge is 0.497 e. The van der Waals surface area contributed by atoms with Crippen molar-refractivity contribution in [3.63, 3.8) is 0 Å². The Morgan fingerprint density at radius 1 is 1.18 bits per heavy atom. The summed E-state index contributed by atoms with van der Waals surface area (Å²) in [6.45, 7) is 1.57. The molecule has 1 aromatic carbocycles. The minimum atomic E-state index is -0.645. The number of benzene rings is 1. The summed E-state index contributed by atoms with van der Waals surface area (Å²) in [5.74, 6) is -0.844. The number of amides is 1. The van der Waals surface area contributed by atoms with Crippen LogP contribution in [-0.4, -0.2) is 43.2 Å². The standard InChI is InChI=1S/C19H20N2O6S/c1-3-26-18(24)10-14-12-28-19(20-14)21-16(22)11-27-17(23)9-6-13-4-7-15(25-2)8-5-13/h4-9,12H,3,10-11H2,1-2H3,(H,20,21,22)/b9-6+. The maximum atomic E-state index is 11.8. The number of esters is 2. The van der Waals surface area contributed by atoms with Gasteiger partial charge in [0, 0.05) is 11.5 Å². The highest BCUT2D eigenvalue weighted by Crippen LogP contribution is 2.16. The molecule has 9 heteroatoms. The van der Waals surface area contributed by atoms with Crippen LogP contribution in [-0.2, 0) is 30.3 Å². The molecule has 0 aliphatic carbocycles. The molecule has 0 saturated heterocycles. The smallest absolute Gasteiger partial charge is 0.331 e. The first-order chi connectivity index (χ1) is 13.5. The van der Waals surface area contributed by atoms with Gasteiger partial charge >= 0.3 is 11.9 Å². The van der Waals surface area contributed by atoms with Crippen LogP contribution < -0.4 is 10.1 Å². The Morgan fingerprint density at radius 3 is 2.61 bits per heavy atom. The molecule has 0 aliphatic rings. The lowest BCUT2D eigenvalue weighted by Gasteiger charge is -2.02. The van der Waals surface area contributed by atoms with E-state index in [0.717, 1.165) is 5.56 Å². The van der Waals surface area contributed by atoms with Crippen LogP contribution in [0.2, 0.25) is 0 Å². The molecule has 0 spiro atoms. The number of carbonyl (C=O) groups is 3. The summed E-state index contributed by atoms with van der Waals surface area (Å²) in [4.78, 5) is 39.1. The highest BCUT2D eigenvalue weighted by atomic mass is 32.1. The van der Waals surface area contributed by atoms with Crippen molar-refractivity contribution in [1.29, 1.82) is 0 Å². The van der Waals surface area contributed by atoms with E-state index in [1.165, 1.54) is 17.4 Å². The SMILES string of the molecule is CCOC(=O)Cc1csc(NC(=O)COC(=O)/C=C/c2ccc(OC)cc2)n1. The van der Waals surface area contributed by atoms with Crippen molar-refractivity contribution < 1.29 is 28.6 Å². The van der Waals surface area contributed by atoms with Gasteiger partial charge in [0.15, 0.2) is 11.7 Å². The second-order valence-corrected chi connectivity index (χ2v) is 6.25. The van der Waals surface area contributed by atoms with Crippen molar-refractivity contribution in [2.75, 3.05) is 25.6 Å². The Bertz CT molecular complexity index is 844. The summed E-state index contributed by atoms with van der Waals surface area (Å²) in [5.41, 5.74) is 1.29. The Labute approximate surface area is 166 Å². The van der Waals surface area contributed by atoms with Crippen molar-refractivity contribution in [2.45, 2.75) is 13.3 Å². The molecule has 0 radical (unpaired) electrons. The van der Waals surface area contributed by atoms with Gasteiger partial charge in [0.05, 0.1) is 25.8 Å². The normalized spacial score (nSPS) is 10.5. The number of aromatic nitrogens is 1. The van der Waals surface area contributed by atoms with Gasteiger partial charge in [-0.1, -0.05) is 12.1 Å². The van der Waals surface area contributed by atoms with E-state index in [9.17, 15) is 14.4 Å². The first kappa shape index (κ1) is 21.1. The number of anilines is 1. The van der Waals surface area contributed by atoms with Gasteiger partial charge in [0.1, 0.15) is 5.75 Å². The molecule has 1 aromatic heterocycles. The van der Waals surface area contributed by atoms with Gasteiger partial charge in [-0.05, 0) is 30.7 Å². The zero-order valence-electron chi connectivity index (χ0n) is 15.5. The van der Waals surface area contributed by atoms with Crippen molar-refractivity contribution in [2.24, 2.45) is 0 Å². The zero-order valence-corrected chi connectivity index (χ0v) is 16.3. The zero-order chi connectivity index (χ0) is 20.4. The summed E-state index contributed by atoms with van der Waals surface area (Å²) in [6, 6.07) is 7.10. The van der Waals surface area contributed by atoms with Crippen LogP contribution in [0.3, 0.4) is 0 Å². The predicted octanol–water partition coefficient (Wildman–Crippen LogP) is 2.45. The van der Waals surface area contributed by atoms with Gasteiger partial charge in [-0.25, -0.2) is 9.78 Å². The van der Waals surface area contributed by atoms with Crippen LogP contribution in [0.5, 0.6) is 5.75 Å². The Balaban J connectivity index is 1.75. The minimum absolute atomic E-state index is 0.0331. The Hall–Kier alpha value is -3.20. The lowest BCUT2D eigenvalue weighted by molar-refractivity contribution is -0.142. The Kier molecular flexibility index (Phi) is 8.16. The topological polar surface area (TPSA) is 104 Å². The third kappa shape index (κ3) is 7.20. The van der Waals surface area contributed by atoms with Gasteiger partial charge in [-0.3, -0.25) is 14.9 Å². The molecule has 0 bridgehead atoms. The minimum Gasteiger partial charge on any atom is -0.497 e.